The number of H-pyrrole nitrogens is 1. The lowest BCUT2D eigenvalue weighted by Gasteiger charge is -2.46. The van der Waals surface area contributed by atoms with E-state index in [1.54, 1.807) is 0 Å². The van der Waals surface area contributed by atoms with Gasteiger partial charge in [0.05, 0.1) is 29.0 Å². The van der Waals surface area contributed by atoms with Gasteiger partial charge in [-0.25, -0.2) is 0 Å². The van der Waals surface area contributed by atoms with Crippen molar-refractivity contribution in [1.29, 1.82) is 0 Å². The van der Waals surface area contributed by atoms with Crippen LogP contribution in [0.3, 0.4) is 0 Å². The number of aromatic amines is 1. The summed E-state index contributed by atoms with van der Waals surface area (Å²) in [5, 5.41) is 53.7. The average molecular weight is 492 g/mol. The van der Waals surface area contributed by atoms with E-state index >= 15 is 0 Å². The first-order chi connectivity index (χ1) is 17.0. The Hall–Kier alpha value is -2.29. The zero-order valence-electron chi connectivity index (χ0n) is 21.5. The number of fused-ring (bicyclic) bond motifs is 4. The molecule has 0 radical (unpaired) electrons. The van der Waals surface area contributed by atoms with Crippen LogP contribution in [-0.4, -0.2) is 79.6 Å². The Bertz CT molecular complexity index is 1320. The van der Waals surface area contributed by atoms with Gasteiger partial charge < -0.3 is 25.3 Å². The number of rotatable bonds is 2. The van der Waals surface area contributed by atoms with Crippen molar-refractivity contribution in [1.82, 2.24) is 15.1 Å². The number of hydrogen-bond donors (Lipinski definition) is 5. The van der Waals surface area contributed by atoms with E-state index in [9.17, 15) is 20.4 Å². The van der Waals surface area contributed by atoms with Crippen LogP contribution in [0.4, 0.5) is 0 Å². The Labute approximate surface area is 211 Å². The molecule has 0 aliphatic heterocycles. The first-order valence-corrected chi connectivity index (χ1v) is 13.1. The van der Waals surface area contributed by atoms with E-state index in [2.05, 4.69) is 41.4 Å². The zero-order chi connectivity index (χ0) is 25.6. The second kappa shape index (κ2) is 8.10. The lowest BCUT2D eigenvalue weighted by atomic mass is 9.61. The Morgan fingerprint density at radius 3 is 2.67 bits per heavy atom. The second-order valence-corrected chi connectivity index (χ2v) is 11.9. The van der Waals surface area contributed by atoms with Crippen molar-refractivity contribution in [3.8, 4) is 0 Å². The first kappa shape index (κ1) is 24.1. The molecule has 1 saturated carbocycles. The highest BCUT2D eigenvalue weighted by molar-refractivity contribution is 5.86. The van der Waals surface area contributed by atoms with Gasteiger partial charge in [0.25, 0.3) is 0 Å². The summed E-state index contributed by atoms with van der Waals surface area (Å²) >= 11 is 0. The molecule has 6 rings (SSSR count). The normalized spacial score (nSPS) is 38.4. The van der Waals surface area contributed by atoms with Gasteiger partial charge in [-0.1, -0.05) is 36.8 Å². The predicted molar refractivity (Wildman–Crippen MR) is 139 cm³/mol. The van der Waals surface area contributed by atoms with E-state index < -0.39 is 23.9 Å². The van der Waals surface area contributed by atoms with Gasteiger partial charge in [0.15, 0.2) is 0 Å². The summed E-state index contributed by atoms with van der Waals surface area (Å²) in [7, 11) is 3.73. The van der Waals surface area contributed by atoms with Gasteiger partial charge in [-0.2, -0.15) is 5.10 Å². The van der Waals surface area contributed by atoms with Gasteiger partial charge in [-0.15, -0.1) is 0 Å². The molecule has 0 amide bonds. The number of hydrogen-bond acceptors (Lipinski definition) is 6. The molecular formula is C29H37N3O4. The predicted octanol–water partition coefficient (Wildman–Crippen LogP) is 2.85. The van der Waals surface area contributed by atoms with Crippen LogP contribution in [0.1, 0.15) is 50.3 Å². The summed E-state index contributed by atoms with van der Waals surface area (Å²) in [6.07, 6.45) is 4.23. The summed E-state index contributed by atoms with van der Waals surface area (Å²) in [4.78, 5) is 1.87. The lowest BCUT2D eigenvalue weighted by Crippen LogP contribution is -2.58. The summed E-state index contributed by atoms with van der Waals surface area (Å²) in [5.74, 6) is 0.220. The van der Waals surface area contributed by atoms with E-state index in [-0.39, 0.29) is 17.4 Å². The number of nitrogens with zero attached hydrogens (tertiary/aromatic N) is 2. The Balaban J connectivity index is 1.37. The zero-order valence-corrected chi connectivity index (χ0v) is 21.5. The van der Waals surface area contributed by atoms with Crippen LogP contribution in [0.15, 0.2) is 47.1 Å². The number of allylic oxidation sites excluding steroid dienone is 3. The topological polar surface area (TPSA) is 113 Å². The molecule has 0 bridgehead atoms. The number of aryl methyl sites for hydroxylation is 1. The standard InChI is InChI=1S/C29H37N3O4/c1-15-17-6-5-16(11-23(17)31-30-15)20-7-8-21-18-9-10-29(36)13-24(32(3)4)27(35)26(34)22(29)12-19(18)25(33)14-28(20,21)2/h5-7,11-12,21,24-27,33-36H,8-10,13-14H2,1-4H3,(H,30,31)/t21?,24-,25?,26+,27+,28+,29+/m0/s1. The Morgan fingerprint density at radius 2 is 1.92 bits per heavy atom. The van der Waals surface area contributed by atoms with Crippen LogP contribution in [0.25, 0.3) is 16.5 Å². The molecule has 4 aliphatic carbocycles. The monoisotopic (exact) mass is 491 g/mol. The van der Waals surface area contributed by atoms with Crippen molar-refractivity contribution in [3.63, 3.8) is 0 Å². The number of aliphatic hydroxyl groups is 4. The van der Waals surface area contributed by atoms with Gasteiger partial charge in [0.2, 0.25) is 0 Å². The highest BCUT2D eigenvalue weighted by Gasteiger charge is 2.53. The molecule has 2 unspecified atom stereocenters. The summed E-state index contributed by atoms with van der Waals surface area (Å²) in [6.45, 7) is 4.26. The van der Waals surface area contributed by atoms with Crippen molar-refractivity contribution in [3.05, 3.63) is 58.3 Å². The van der Waals surface area contributed by atoms with E-state index in [1.807, 2.05) is 32.0 Å². The minimum absolute atomic E-state index is 0.220. The molecule has 1 aromatic carbocycles. The van der Waals surface area contributed by atoms with Crippen LogP contribution < -0.4 is 0 Å². The molecule has 192 valence electrons. The summed E-state index contributed by atoms with van der Waals surface area (Å²) < 4.78 is 0. The van der Waals surface area contributed by atoms with Crippen LogP contribution in [0.2, 0.25) is 0 Å². The highest BCUT2D eigenvalue weighted by Crippen LogP contribution is 2.60. The summed E-state index contributed by atoms with van der Waals surface area (Å²) in [5.41, 5.74) is 5.42. The van der Waals surface area contributed by atoms with Crippen molar-refractivity contribution < 1.29 is 20.4 Å². The molecule has 2 aromatic rings. The second-order valence-electron chi connectivity index (χ2n) is 11.9. The number of nitrogens with one attached hydrogen (secondary N) is 1. The van der Waals surface area contributed by atoms with Crippen molar-refractivity contribution in [2.45, 2.75) is 75.9 Å². The Morgan fingerprint density at radius 1 is 1.14 bits per heavy atom. The molecule has 36 heavy (non-hydrogen) atoms. The number of aromatic nitrogens is 2. The lowest BCUT2D eigenvalue weighted by molar-refractivity contribution is -0.0922. The average Bonchev–Trinajstić information content (AvgIpc) is 3.31. The minimum Gasteiger partial charge on any atom is -0.388 e. The molecule has 1 fully saturated rings. The van der Waals surface area contributed by atoms with Gasteiger partial charge >= 0.3 is 0 Å². The summed E-state index contributed by atoms with van der Waals surface area (Å²) in [6, 6.07) is 6.10. The number of benzene rings is 1. The van der Waals surface area contributed by atoms with Gasteiger partial charge in [0.1, 0.15) is 6.10 Å². The molecule has 5 N–H and O–H groups in total. The van der Waals surface area contributed by atoms with Crippen LogP contribution in [0.5, 0.6) is 0 Å². The molecule has 1 aromatic heterocycles. The fourth-order valence-electron chi connectivity index (χ4n) is 7.62. The van der Waals surface area contributed by atoms with Crippen LogP contribution in [0, 0.1) is 18.3 Å². The van der Waals surface area contributed by atoms with Gasteiger partial charge in [0, 0.05) is 16.8 Å². The molecule has 0 spiro atoms. The Kier molecular flexibility index (Phi) is 5.42. The largest absolute Gasteiger partial charge is 0.388 e. The molecule has 4 aliphatic rings. The van der Waals surface area contributed by atoms with Gasteiger partial charge in [-0.3, -0.25) is 5.10 Å². The SMILES string of the molecule is Cc1n[nH]c2cc(C3=CCC4C5=C(C=C6[C@@H](O)[C@H](O)[C@@H](N(C)C)C[C@]6(O)CC5)C(O)C[C@]34C)ccc12. The number of aliphatic hydroxyl groups excluding tert-OH is 3. The maximum Gasteiger partial charge on any atom is 0.105 e. The molecule has 1 heterocycles. The van der Waals surface area contributed by atoms with Crippen molar-refractivity contribution >= 4 is 16.5 Å². The molecule has 7 nitrogen and oxygen atoms in total. The third-order valence-corrected chi connectivity index (χ3v) is 9.68. The fraction of sp³-hybridized carbons (Fsp3) is 0.552. The van der Waals surface area contributed by atoms with Crippen LogP contribution >= 0.6 is 0 Å². The van der Waals surface area contributed by atoms with E-state index in [0.29, 0.717) is 31.3 Å². The molecule has 7 atom stereocenters. The fourth-order valence-corrected chi connectivity index (χ4v) is 7.62. The molecular weight excluding hydrogens is 454 g/mol. The minimum atomic E-state index is -1.21. The van der Waals surface area contributed by atoms with Crippen molar-refractivity contribution in [2.75, 3.05) is 14.1 Å². The third-order valence-electron chi connectivity index (χ3n) is 9.68. The van der Waals surface area contributed by atoms with E-state index in [1.165, 1.54) is 11.1 Å². The third kappa shape index (κ3) is 3.33. The molecule has 7 heteroatoms. The first-order valence-electron chi connectivity index (χ1n) is 13.1. The number of likely N-dealkylation sites (N-methyl/N-ethyl adjacent to an activating group) is 1. The smallest absolute Gasteiger partial charge is 0.105 e. The maximum atomic E-state index is 11.8. The highest BCUT2D eigenvalue weighted by atomic mass is 16.3. The van der Waals surface area contributed by atoms with Crippen molar-refractivity contribution in [2.24, 2.45) is 11.3 Å². The quantitative estimate of drug-likeness (QED) is 0.442. The molecule has 0 saturated heterocycles. The van der Waals surface area contributed by atoms with Gasteiger partial charge in [-0.05, 0) is 87.4 Å². The van der Waals surface area contributed by atoms with E-state index in [4.69, 9.17) is 0 Å². The maximum absolute atomic E-state index is 11.8. The van der Waals surface area contributed by atoms with Crippen LogP contribution in [-0.2, 0) is 0 Å². The van der Waals surface area contributed by atoms with E-state index in [0.717, 1.165) is 34.2 Å².